The van der Waals surface area contributed by atoms with Crippen molar-refractivity contribution in [2.75, 3.05) is 31.2 Å². The molecule has 1 aliphatic heterocycles. The summed E-state index contributed by atoms with van der Waals surface area (Å²) >= 11 is 9.01. The van der Waals surface area contributed by atoms with E-state index in [9.17, 15) is 4.39 Å². The van der Waals surface area contributed by atoms with Gasteiger partial charge in [-0.1, -0.05) is 40.8 Å². The second-order valence-electron chi connectivity index (χ2n) is 4.88. The van der Waals surface area contributed by atoms with E-state index in [0.29, 0.717) is 0 Å². The zero-order valence-electron chi connectivity index (χ0n) is 12.0. The molecule has 1 aromatic carbocycles. The van der Waals surface area contributed by atoms with Gasteiger partial charge in [0.05, 0.1) is 18.2 Å². The van der Waals surface area contributed by atoms with Gasteiger partial charge in [0, 0.05) is 18.3 Å². The lowest BCUT2D eigenvalue weighted by Gasteiger charge is -2.25. The molecular formula is C14H15ClFN3OS2. The van der Waals surface area contributed by atoms with Crippen molar-refractivity contribution in [2.24, 2.45) is 0 Å². The minimum Gasteiger partial charge on any atom is -0.378 e. The van der Waals surface area contributed by atoms with Crippen LogP contribution in [0.15, 0.2) is 22.5 Å². The molecule has 0 N–H and O–H groups in total. The van der Waals surface area contributed by atoms with Crippen LogP contribution < -0.4 is 4.90 Å². The Hall–Kier alpha value is -0.890. The van der Waals surface area contributed by atoms with Gasteiger partial charge < -0.3 is 9.64 Å². The zero-order chi connectivity index (χ0) is 15.5. The highest BCUT2D eigenvalue weighted by Crippen LogP contribution is 2.39. The van der Waals surface area contributed by atoms with Crippen molar-refractivity contribution in [3.63, 3.8) is 0 Å². The number of ether oxygens (including phenoxy) is 1. The van der Waals surface area contributed by atoms with Crippen molar-refractivity contribution in [2.45, 2.75) is 16.5 Å². The fourth-order valence-corrected chi connectivity index (χ4v) is 4.46. The van der Waals surface area contributed by atoms with E-state index in [4.69, 9.17) is 16.3 Å². The van der Waals surface area contributed by atoms with Gasteiger partial charge in [-0.2, -0.15) is 0 Å². The van der Waals surface area contributed by atoms with Crippen molar-refractivity contribution in [1.29, 1.82) is 0 Å². The third-order valence-electron chi connectivity index (χ3n) is 3.37. The average molecular weight is 360 g/mol. The number of thioether (sulfide) groups is 1. The second kappa shape index (κ2) is 7.12. The summed E-state index contributed by atoms with van der Waals surface area (Å²) in [5, 5.41) is 9.69. The Balaban J connectivity index is 1.67. The van der Waals surface area contributed by atoms with E-state index in [1.165, 1.54) is 6.07 Å². The molecule has 118 valence electrons. The Morgan fingerprint density at radius 2 is 2.14 bits per heavy atom. The third kappa shape index (κ3) is 3.71. The number of morpholine rings is 1. The average Bonchev–Trinajstić information content (AvgIpc) is 2.99. The zero-order valence-corrected chi connectivity index (χ0v) is 14.3. The summed E-state index contributed by atoms with van der Waals surface area (Å²) in [6.07, 6.45) is 0. The van der Waals surface area contributed by atoms with E-state index < -0.39 is 5.82 Å². The Kier molecular flexibility index (Phi) is 5.18. The lowest BCUT2D eigenvalue weighted by Crippen LogP contribution is -2.36. The monoisotopic (exact) mass is 359 g/mol. The van der Waals surface area contributed by atoms with Crippen LogP contribution in [0.2, 0.25) is 5.02 Å². The van der Waals surface area contributed by atoms with Gasteiger partial charge in [0.1, 0.15) is 5.82 Å². The maximum Gasteiger partial charge on any atom is 0.209 e. The normalized spacial score (nSPS) is 16.8. The summed E-state index contributed by atoms with van der Waals surface area (Å²) < 4.78 is 19.5. The summed E-state index contributed by atoms with van der Waals surface area (Å²) in [6, 6.07) is 4.81. The predicted octanol–water partition coefficient (Wildman–Crippen LogP) is 4.02. The molecule has 1 aliphatic rings. The highest BCUT2D eigenvalue weighted by molar-refractivity contribution is 8.01. The standard InChI is InChI=1S/C14H15ClFN3OS2/c1-9(10-2-3-12(16)11(15)8-10)21-14-18-17-13(22-14)19-4-6-20-7-5-19/h2-3,8-9H,4-7H2,1H3. The number of benzene rings is 1. The first kappa shape index (κ1) is 16.0. The first-order chi connectivity index (χ1) is 10.6. The van der Waals surface area contributed by atoms with Crippen LogP contribution in [0.4, 0.5) is 9.52 Å². The smallest absolute Gasteiger partial charge is 0.209 e. The maximum atomic E-state index is 13.2. The van der Waals surface area contributed by atoms with Crippen LogP contribution in [0.25, 0.3) is 0 Å². The number of aromatic nitrogens is 2. The molecule has 2 heterocycles. The summed E-state index contributed by atoms with van der Waals surface area (Å²) in [5.74, 6) is -0.395. The summed E-state index contributed by atoms with van der Waals surface area (Å²) in [5.41, 5.74) is 0.972. The van der Waals surface area contributed by atoms with Crippen molar-refractivity contribution in [1.82, 2.24) is 10.2 Å². The summed E-state index contributed by atoms with van der Waals surface area (Å²) in [7, 11) is 0. The highest BCUT2D eigenvalue weighted by Gasteiger charge is 2.18. The summed E-state index contributed by atoms with van der Waals surface area (Å²) in [4.78, 5) is 2.19. The van der Waals surface area contributed by atoms with Gasteiger partial charge >= 0.3 is 0 Å². The van der Waals surface area contributed by atoms with Gasteiger partial charge in [-0.25, -0.2) is 4.39 Å². The van der Waals surface area contributed by atoms with Crippen LogP contribution in [0.1, 0.15) is 17.7 Å². The largest absolute Gasteiger partial charge is 0.378 e. The molecule has 0 saturated carbocycles. The number of rotatable bonds is 4. The molecule has 0 radical (unpaired) electrons. The SMILES string of the molecule is CC(Sc1nnc(N2CCOCC2)s1)c1ccc(F)c(Cl)c1. The van der Waals surface area contributed by atoms with Gasteiger partial charge in [-0.15, -0.1) is 10.2 Å². The van der Waals surface area contributed by atoms with Crippen molar-refractivity contribution >= 4 is 39.8 Å². The minimum absolute atomic E-state index is 0.128. The highest BCUT2D eigenvalue weighted by atomic mass is 35.5. The predicted molar refractivity (Wildman–Crippen MR) is 88.6 cm³/mol. The third-order valence-corrected chi connectivity index (χ3v) is 5.88. The van der Waals surface area contributed by atoms with Gasteiger partial charge in [0.2, 0.25) is 5.13 Å². The fourth-order valence-electron chi connectivity index (χ4n) is 2.12. The lowest BCUT2D eigenvalue weighted by atomic mass is 10.2. The molecule has 8 heteroatoms. The molecule has 0 bridgehead atoms. The Labute approximate surface area is 141 Å². The molecule has 1 unspecified atom stereocenters. The van der Waals surface area contributed by atoms with Gasteiger partial charge in [0.25, 0.3) is 0 Å². The van der Waals surface area contributed by atoms with E-state index in [1.54, 1.807) is 35.2 Å². The molecule has 4 nitrogen and oxygen atoms in total. The molecule has 0 amide bonds. The Morgan fingerprint density at radius 1 is 1.36 bits per heavy atom. The van der Waals surface area contributed by atoms with Gasteiger partial charge in [0.15, 0.2) is 4.34 Å². The van der Waals surface area contributed by atoms with Gasteiger partial charge in [-0.3, -0.25) is 0 Å². The van der Waals surface area contributed by atoms with Crippen LogP contribution in [0, 0.1) is 5.82 Å². The van der Waals surface area contributed by atoms with Crippen LogP contribution in [0.3, 0.4) is 0 Å². The maximum absolute atomic E-state index is 13.2. The molecular weight excluding hydrogens is 345 g/mol. The van der Waals surface area contributed by atoms with Crippen LogP contribution in [-0.4, -0.2) is 36.5 Å². The number of hydrogen-bond acceptors (Lipinski definition) is 6. The van der Waals surface area contributed by atoms with Crippen molar-refractivity contribution in [3.8, 4) is 0 Å². The quantitative estimate of drug-likeness (QED) is 0.771. The number of anilines is 1. The van der Waals surface area contributed by atoms with E-state index in [2.05, 4.69) is 15.1 Å². The topological polar surface area (TPSA) is 38.2 Å². The molecule has 22 heavy (non-hydrogen) atoms. The fraction of sp³-hybridized carbons (Fsp3) is 0.429. The number of halogens is 2. The van der Waals surface area contributed by atoms with Crippen LogP contribution in [-0.2, 0) is 4.74 Å². The Bertz CT molecular complexity index is 649. The molecule has 1 atom stereocenters. The van der Waals surface area contributed by atoms with Crippen LogP contribution in [0.5, 0.6) is 0 Å². The molecule has 1 saturated heterocycles. The molecule has 0 spiro atoms. The summed E-state index contributed by atoms with van der Waals surface area (Å²) in [6.45, 7) is 5.20. The first-order valence-corrected chi connectivity index (χ1v) is 8.98. The van der Waals surface area contributed by atoms with E-state index >= 15 is 0 Å². The molecule has 0 aliphatic carbocycles. The number of nitrogens with zero attached hydrogens (tertiary/aromatic N) is 3. The molecule has 3 rings (SSSR count). The van der Waals surface area contributed by atoms with E-state index in [-0.39, 0.29) is 10.3 Å². The minimum atomic E-state index is -0.395. The van der Waals surface area contributed by atoms with Crippen LogP contribution >= 0.6 is 34.7 Å². The van der Waals surface area contributed by atoms with Gasteiger partial charge in [-0.05, 0) is 24.6 Å². The molecule has 1 aromatic heterocycles. The Morgan fingerprint density at radius 3 is 2.86 bits per heavy atom. The number of hydrogen-bond donors (Lipinski definition) is 0. The molecule has 1 fully saturated rings. The first-order valence-electron chi connectivity index (χ1n) is 6.91. The molecule has 2 aromatic rings. The van der Waals surface area contributed by atoms with E-state index in [0.717, 1.165) is 41.3 Å². The van der Waals surface area contributed by atoms with Crippen molar-refractivity contribution < 1.29 is 9.13 Å². The van der Waals surface area contributed by atoms with E-state index in [1.807, 2.05) is 6.92 Å². The van der Waals surface area contributed by atoms with Crippen molar-refractivity contribution in [3.05, 3.63) is 34.6 Å². The second-order valence-corrected chi connectivity index (χ2v) is 7.83. The lowest BCUT2D eigenvalue weighted by molar-refractivity contribution is 0.122.